The lowest BCUT2D eigenvalue weighted by molar-refractivity contribution is 0.0489. The summed E-state index contributed by atoms with van der Waals surface area (Å²) in [5.74, 6) is -0.662. The van der Waals surface area contributed by atoms with Crippen LogP contribution in [0.4, 0.5) is 0 Å². The van der Waals surface area contributed by atoms with Crippen LogP contribution in [0.2, 0.25) is 0 Å². The third-order valence-electron chi connectivity index (χ3n) is 6.55. The van der Waals surface area contributed by atoms with Crippen LogP contribution in [-0.4, -0.2) is 25.2 Å². The predicted molar refractivity (Wildman–Crippen MR) is 144 cm³/mol. The molecule has 3 aromatic rings. The van der Waals surface area contributed by atoms with E-state index in [1.165, 1.54) is 25.7 Å². The maximum atomic E-state index is 13.3. The second kappa shape index (κ2) is 13.9. The summed E-state index contributed by atoms with van der Waals surface area (Å²) < 4.78 is 11.4. The predicted octanol–water partition coefficient (Wildman–Crippen LogP) is 8.56. The van der Waals surface area contributed by atoms with E-state index < -0.39 is 0 Å². The van der Waals surface area contributed by atoms with Gasteiger partial charge in [-0.05, 0) is 41.3 Å². The summed E-state index contributed by atoms with van der Waals surface area (Å²) >= 11 is 0. The Hall–Kier alpha value is -2.88. The van der Waals surface area contributed by atoms with E-state index in [0.717, 1.165) is 65.6 Å². The van der Waals surface area contributed by atoms with Crippen molar-refractivity contribution in [1.82, 2.24) is 0 Å². The molecule has 0 saturated carbocycles. The molecule has 0 saturated heterocycles. The van der Waals surface area contributed by atoms with E-state index in [0.29, 0.717) is 24.3 Å². The average Bonchev–Trinajstić information content (AvgIpc) is 2.86. The number of esters is 2. The minimum Gasteiger partial charge on any atom is -0.462 e. The van der Waals surface area contributed by atoms with Gasteiger partial charge in [0.15, 0.2) is 0 Å². The number of carbonyl (C=O) groups is 2. The second-order valence-electron chi connectivity index (χ2n) is 9.44. The molecule has 0 amide bonds. The van der Waals surface area contributed by atoms with Crippen LogP contribution in [-0.2, 0) is 9.47 Å². The van der Waals surface area contributed by atoms with Crippen molar-refractivity contribution in [2.75, 3.05) is 13.2 Å². The van der Waals surface area contributed by atoms with E-state index in [-0.39, 0.29) is 11.9 Å². The summed E-state index contributed by atoms with van der Waals surface area (Å²) in [4.78, 5) is 26.6. The molecular weight excluding hydrogens is 436 g/mol. The number of ether oxygens (including phenoxy) is 2. The van der Waals surface area contributed by atoms with Gasteiger partial charge in [-0.25, -0.2) is 9.59 Å². The molecule has 0 atom stereocenters. The number of fused-ring (bicyclic) bond motifs is 2. The van der Waals surface area contributed by atoms with Crippen LogP contribution in [0.15, 0.2) is 42.5 Å². The van der Waals surface area contributed by atoms with Gasteiger partial charge >= 0.3 is 11.9 Å². The molecular formula is C31H40O4. The van der Waals surface area contributed by atoms with Gasteiger partial charge in [-0.3, -0.25) is 0 Å². The Bertz CT molecular complexity index is 1130. The highest BCUT2D eigenvalue weighted by Crippen LogP contribution is 2.34. The second-order valence-corrected chi connectivity index (χ2v) is 9.44. The zero-order valence-corrected chi connectivity index (χ0v) is 21.7. The molecule has 3 aromatic carbocycles. The largest absolute Gasteiger partial charge is 0.462 e. The Morgan fingerprint density at radius 1 is 0.600 bits per heavy atom. The Morgan fingerprint density at radius 2 is 1.06 bits per heavy atom. The van der Waals surface area contributed by atoms with Crippen molar-refractivity contribution in [3.8, 4) is 0 Å². The standard InChI is InChI=1S/C31H40O4/c1-4-6-8-10-14-20-34-30(32)28-24-16-12-13-17-25(24)29(27-22-23(3)18-19-26(27)28)31(33)35-21-15-11-9-7-5-2/h12-13,16-19,22H,4-11,14-15,20-21H2,1-3H3. The Balaban J connectivity index is 1.91. The van der Waals surface area contributed by atoms with E-state index >= 15 is 0 Å². The molecule has 3 rings (SSSR count). The lowest BCUT2D eigenvalue weighted by atomic mass is 9.91. The van der Waals surface area contributed by atoms with Crippen molar-refractivity contribution in [2.24, 2.45) is 0 Å². The number of aryl methyl sites for hydroxylation is 1. The maximum absolute atomic E-state index is 13.3. The van der Waals surface area contributed by atoms with Gasteiger partial charge in [0, 0.05) is 0 Å². The fourth-order valence-corrected chi connectivity index (χ4v) is 4.62. The van der Waals surface area contributed by atoms with Gasteiger partial charge in [0.2, 0.25) is 0 Å². The van der Waals surface area contributed by atoms with E-state index in [2.05, 4.69) is 13.8 Å². The normalized spacial score (nSPS) is 11.2. The zero-order valence-electron chi connectivity index (χ0n) is 21.7. The van der Waals surface area contributed by atoms with E-state index in [1.54, 1.807) is 0 Å². The minimum absolute atomic E-state index is 0.330. The maximum Gasteiger partial charge on any atom is 0.339 e. The van der Waals surface area contributed by atoms with Crippen LogP contribution in [0.5, 0.6) is 0 Å². The van der Waals surface area contributed by atoms with Crippen LogP contribution in [0, 0.1) is 6.92 Å². The highest BCUT2D eigenvalue weighted by Gasteiger charge is 2.24. The van der Waals surface area contributed by atoms with E-state index in [9.17, 15) is 9.59 Å². The molecule has 0 aliphatic carbocycles. The lowest BCUT2D eigenvalue weighted by Crippen LogP contribution is -2.12. The third kappa shape index (κ3) is 7.06. The van der Waals surface area contributed by atoms with Crippen molar-refractivity contribution in [3.63, 3.8) is 0 Å². The molecule has 0 bridgehead atoms. The molecule has 0 heterocycles. The SMILES string of the molecule is CCCCCCCOC(=O)c1c2ccccc2c(C(=O)OCCCCCCC)c2cc(C)ccc12. The summed E-state index contributed by atoms with van der Waals surface area (Å²) in [6.45, 7) is 7.18. The monoisotopic (exact) mass is 476 g/mol. The smallest absolute Gasteiger partial charge is 0.339 e. The first-order valence-electron chi connectivity index (χ1n) is 13.4. The first-order chi connectivity index (χ1) is 17.1. The van der Waals surface area contributed by atoms with Crippen molar-refractivity contribution in [1.29, 1.82) is 0 Å². The molecule has 0 unspecified atom stereocenters. The molecule has 0 N–H and O–H groups in total. The Kier molecular flexibility index (Phi) is 10.6. The number of benzene rings is 3. The fraction of sp³-hybridized carbons (Fsp3) is 0.484. The van der Waals surface area contributed by atoms with Crippen molar-refractivity contribution >= 4 is 33.5 Å². The quantitative estimate of drug-likeness (QED) is 0.133. The summed E-state index contributed by atoms with van der Waals surface area (Å²) in [5.41, 5.74) is 2.08. The Morgan fingerprint density at radius 3 is 1.57 bits per heavy atom. The van der Waals surface area contributed by atoms with Crippen LogP contribution >= 0.6 is 0 Å². The summed E-state index contributed by atoms with van der Waals surface area (Å²) in [6.07, 6.45) is 11.0. The summed E-state index contributed by atoms with van der Waals surface area (Å²) in [6, 6.07) is 13.5. The van der Waals surface area contributed by atoms with Crippen molar-refractivity contribution < 1.29 is 19.1 Å². The van der Waals surface area contributed by atoms with Gasteiger partial charge < -0.3 is 9.47 Å². The van der Waals surface area contributed by atoms with E-state index in [1.807, 2.05) is 49.4 Å². The number of hydrogen-bond donors (Lipinski definition) is 0. The average molecular weight is 477 g/mol. The fourth-order valence-electron chi connectivity index (χ4n) is 4.62. The summed E-state index contributed by atoms with van der Waals surface area (Å²) in [7, 11) is 0. The van der Waals surface area contributed by atoms with Gasteiger partial charge in [-0.1, -0.05) is 113 Å². The number of hydrogen-bond acceptors (Lipinski definition) is 4. The zero-order chi connectivity index (χ0) is 25.0. The minimum atomic E-state index is -0.332. The highest BCUT2D eigenvalue weighted by atomic mass is 16.5. The first kappa shape index (κ1) is 26.7. The van der Waals surface area contributed by atoms with Gasteiger partial charge in [-0.2, -0.15) is 0 Å². The molecule has 4 heteroatoms. The van der Waals surface area contributed by atoms with Crippen LogP contribution in [0.25, 0.3) is 21.5 Å². The van der Waals surface area contributed by atoms with Crippen molar-refractivity contribution in [2.45, 2.75) is 85.0 Å². The Labute approximate surface area is 210 Å². The van der Waals surface area contributed by atoms with Crippen molar-refractivity contribution in [3.05, 3.63) is 59.2 Å². The molecule has 0 aliphatic rings. The highest BCUT2D eigenvalue weighted by molar-refractivity contribution is 6.24. The number of unbranched alkanes of at least 4 members (excludes halogenated alkanes) is 8. The topological polar surface area (TPSA) is 52.6 Å². The van der Waals surface area contributed by atoms with Gasteiger partial charge in [-0.15, -0.1) is 0 Å². The van der Waals surface area contributed by atoms with E-state index in [4.69, 9.17) is 9.47 Å². The molecule has 188 valence electrons. The number of carbonyl (C=O) groups excluding carboxylic acids is 2. The molecule has 0 aromatic heterocycles. The van der Waals surface area contributed by atoms with Crippen LogP contribution in [0.3, 0.4) is 0 Å². The molecule has 4 nitrogen and oxygen atoms in total. The van der Waals surface area contributed by atoms with Crippen LogP contribution < -0.4 is 0 Å². The molecule has 0 spiro atoms. The first-order valence-corrected chi connectivity index (χ1v) is 13.4. The van der Waals surface area contributed by atoms with Gasteiger partial charge in [0.1, 0.15) is 0 Å². The van der Waals surface area contributed by atoms with Crippen LogP contribution in [0.1, 0.15) is 104 Å². The third-order valence-corrected chi connectivity index (χ3v) is 6.55. The lowest BCUT2D eigenvalue weighted by Gasteiger charge is -2.16. The van der Waals surface area contributed by atoms with Gasteiger partial charge in [0.25, 0.3) is 0 Å². The molecule has 0 radical (unpaired) electrons. The molecule has 35 heavy (non-hydrogen) atoms. The number of rotatable bonds is 14. The summed E-state index contributed by atoms with van der Waals surface area (Å²) in [5, 5.41) is 2.95. The molecule has 0 fully saturated rings. The van der Waals surface area contributed by atoms with Gasteiger partial charge in [0.05, 0.1) is 24.3 Å². The molecule has 0 aliphatic heterocycles.